The predicted molar refractivity (Wildman–Crippen MR) is 51.7 cm³/mol. The molecule has 0 aliphatic heterocycles. The number of nitrogens with zero attached hydrogens (tertiary/aromatic N) is 2. The molecule has 15 heteroatoms. The summed E-state index contributed by atoms with van der Waals surface area (Å²) in [6.07, 6.45) is 2.84. The summed E-state index contributed by atoms with van der Waals surface area (Å²) < 4.78 is 117. The standard InChI is InChI=1S/C5H6F3N2O2S.CHF3O3S/c1-9-2-3-10(4-9)13(11,12)5(6,7)8;2-1(3,4)8(5,6)7/h2-4H,1H3;(H,5,6,7)/q+1;/p-1. The van der Waals surface area contributed by atoms with Gasteiger partial charge in [-0.25, -0.2) is 13.0 Å². The van der Waals surface area contributed by atoms with E-state index in [2.05, 4.69) is 0 Å². The molecule has 0 atom stereocenters. The minimum atomic E-state index is -6.09. The van der Waals surface area contributed by atoms with E-state index < -0.39 is 31.2 Å². The van der Waals surface area contributed by atoms with Crippen LogP contribution < -0.4 is 4.57 Å². The van der Waals surface area contributed by atoms with Crippen molar-refractivity contribution in [3.8, 4) is 0 Å². The van der Waals surface area contributed by atoms with E-state index in [1.54, 1.807) is 0 Å². The average molecular weight is 364 g/mol. The fraction of sp³-hybridized carbons (Fsp3) is 0.500. The van der Waals surface area contributed by atoms with Crippen LogP contribution >= 0.6 is 0 Å². The highest BCUT2D eigenvalue weighted by molar-refractivity contribution is 7.90. The first-order valence-corrected chi connectivity index (χ1v) is 7.22. The van der Waals surface area contributed by atoms with Gasteiger partial charge in [-0.1, -0.05) is 0 Å². The largest absolute Gasteiger partial charge is 0.741 e. The van der Waals surface area contributed by atoms with Crippen molar-refractivity contribution in [2.24, 2.45) is 7.05 Å². The lowest BCUT2D eigenvalue weighted by atomic mass is 10.9. The molecule has 0 fully saturated rings. The predicted octanol–water partition coefficient (Wildman–Crippen LogP) is 0.0617. The van der Waals surface area contributed by atoms with Crippen LogP contribution in [0.4, 0.5) is 26.3 Å². The van der Waals surface area contributed by atoms with Crippen molar-refractivity contribution in [1.82, 2.24) is 3.97 Å². The number of halogens is 6. The van der Waals surface area contributed by atoms with Gasteiger partial charge in [0.15, 0.2) is 10.1 Å². The maximum absolute atomic E-state index is 11.9. The Hall–Kier alpha value is -1.35. The number of aryl methyl sites for hydroxylation is 1. The Morgan fingerprint density at radius 1 is 1.00 bits per heavy atom. The van der Waals surface area contributed by atoms with Crippen molar-refractivity contribution in [2.75, 3.05) is 0 Å². The van der Waals surface area contributed by atoms with Crippen molar-refractivity contribution >= 4 is 20.1 Å². The molecule has 0 spiro atoms. The maximum atomic E-state index is 11.9. The molecule has 1 aromatic heterocycles. The van der Waals surface area contributed by atoms with Crippen LogP contribution in [0.1, 0.15) is 0 Å². The summed E-state index contributed by atoms with van der Waals surface area (Å²) in [6.45, 7) is 0. The van der Waals surface area contributed by atoms with E-state index in [0.29, 0.717) is 0 Å². The van der Waals surface area contributed by atoms with Gasteiger partial charge in [0.25, 0.3) is 6.33 Å². The molecule has 0 amide bonds. The number of hydrogen-bond donors (Lipinski definition) is 0. The van der Waals surface area contributed by atoms with Gasteiger partial charge in [-0.15, -0.1) is 3.97 Å². The number of rotatable bonds is 1. The first-order chi connectivity index (χ1) is 9.00. The molecule has 1 aromatic rings. The molecule has 0 aliphatic rings. The van der Waals surface area contributed by atoms with Crippen LogP contribution in [-0.4, -0.2) is 36.4 Å². The average Bonchev–Trinajstić information content (AvgIpc) is 2.61. The zero-order valence-electron chi connectivity index (χ0n) is 9.75. The Morgan fingerprint density at radius 3 is 1.57 bits per heavy atom. The number of imidazole rings is 1. The molecule has 21 heavy (non-hydrogen) atoms. The zero-order valence-corrected chi connectivity index (χ0v) is 11.4. The number of alkyl halides is 6. The van der Waals surface area contributed by atoms with Gasteiger partial charge in [0.2, 0.25) is 0 Å². The molecule has 0 saturated heterocycles. The highest BCUT2D eigenvalue weighted by Crippen LogP contribution is 2.24. The van der Waals surface area contributed by atoms with E-state index in [1.165, 1.54) is 17.8 Å². The van der Waals surface area contributed by atoms with Crippen LogP contribution in [0.3, 0.4) is 0 Å². The van der Waals surface area contributed by atoms with E-state index in [0.717, 1.165) is 12.5 Å². The Morgan fingerprint density at radius 2 is 1.38 bits per heavy atom. The van der Waals surface area contributed by atoms with Gasteiger partial charge in [-0.2, -0.15) is 34.8 Å². The summed E-state index contributed by atoms with van der Waals surface area (Å²) in [5.41, 5.74) is -10.9. The molecule has 1 rings (SSSR count). The molecule has 124 valence electrons. The molecule has 0 bridgehead atoms. The van der Waals surface area contributed by atoms with E-state index in [4.69, 9.17) is 13.0 Å². The van der Waals surface area contributed by atoms with Crippen molar-refractivity contribution in [3.05, 3.63) is 18.7 Å². The first kappa shape index (κ1) is 19.7. The van der Waals surface area contributed by atoms with Gasteiger partial charge in [-0.05, 0) is 0 Å². The smallest absolute Gasteiger partial charge is 0.537 e. The van der Waals surface area contributed by atoms with E-state index in [1.807, 2.05) is 0 Å². The van der Waals surface area contributed by atoms with Gasteiger partial charge in [0, 0.05) is 0 Å². The van der Waals surface area contributed by atoms with E-state index in [-0.39, 0.29) is 3.97 Å². The van der Waals surface area contributed by atoms with E-state index in [9.17, 15) is 34.8 Å². The fourth-order valence-electron chi connectivity index (χ4n) is 0.689. The Kier molecular flexibility index (Phi) is 5.43. The molecule has 0 unspecified atom stereocenters. The Balaban J connectivity index is 0.000000433. The van der Waals surface area contributed by atoms with Gasteiger partial charge in [-0.3, -0.25) is 0 Å². The lowest BCUT2D eigenvalue weighted by molar-refractivity contribution is -0.670. The number of hydrogen-bond acceptors (Lipinski definition) is 5. The Bertz CT molecular complexity index is 686. The van der Waals surface area contributed by atoms with Gasteiger partial charge < -0.3 is 4.55 Å². The maximum Gasteiger partial charge on any atom is 0.537 e. The third-order valence-electron chi connectivity index (χ3n) is 1.60. The molecule has 0 N–H and O–H groups in total. The summed E-state index contributed by atoms with van der Waals surface area (Å²) in [6, 6.07) is 0. The van der Waals surface area contributed by atoms with Crippen LogP contribution in [0.2, 0.25) is 0 Å². The summed E-state index contributed by atoms with van der Waals surface area (Å²) in [5, 5.41) is 0. The SMILES string of the molecule is C[n+]1ccn(S(=O)(=O)C(F)(F)F)c1.O=S(=O)([O-])C(F)(F)F. The van der Waals surface area contributed by atoms with Crippen molar-refractivity contribution in [2.45, 2.75) is 11.0 Å². The van der Waals surface area contributed by atoms with Crippen LogP contribution in [0.25, 0.3) is 0 Å². The van der Waals surface area contributed by atoms with Gasteiger partial charge >= 0.3 is 21.0 Å². The topological polar surface area (TPSA) is 100 Å². The third kappa shape index (κ3) is 5.16. The second kappa shape index (κ2) is 5.80. The summed E-state index contributed by atoms with van der Waals surface area (Å²) in [4.78, 5) is 0. The van der Waals surface area contributed by atoms with Crippen molar-refractivity contribution < 1.29 is 52.3 Å². The zero-order chi connectivity index (χ0) is 17.3. The monoisotopic (exact) mass is 364 g/mol. The second-order valence-electron chi connectivity index (χ2n) is 3.26. The van der Waals surface area contributed by atoms with Crippen LogP contribution in [0, 0.1) is 0 Å². The molecule has 0 saturated carbocycles. The van der Waals surface area contributed by atoms with Gasteiger partial charge in [0.1, 0.15) is 12.4 Å². The molecule has 0 aromatic carbocycles. The van der Waals surface area contributed by atoms with Crippen LogP contribution in [-0.2, 0) is 27.2 Å². The summed E-state index contributed by atoms with van der Waals surface area (Å²) >= 11 is 0. The third-order valence-corrected chi connectivity index (χ3v) is 3.52. The van der Waals surface area contributed by atoms with Crippen LogP contribution in [0.5, 0.6) is 0 Å². The molecule has 1 heterocycles. The Labute approximate surface area is 114 Å². The quantitative estimate of drug-likeness (QED) is 0.304. The minimum Gasteiger partial charge on any atom is -0.741 e. The van der Waals surface area contributed by atoms with Crippen molar-refractivity contribution in [1.29, 1.82) is 0 Å². The van der Waals surface area contributed by atoms with Gasteiger partial charge in [0.05, 0.1) is 7.05 Å². The summed E-state index contributed by atoms with van der Waals surface area (Å²) in [7, 11) is -9.93. The minimum absolute atomic E-state index is 0.118. The molecule has 0 radical (unpaired) electrons. The number of aromatic nitrogens is 2. The molecule has 0 aliphatic carbocycles. The van der Waals surface area contributed by atoms with Crippen molar-refractivity contribution in [3.63, 3.8) is 0 Å². The second-order valence-corrected chi connectivity index (χ2v) is 6.47. The van der Waals surface area contributed by atoms with Crippen LogP contribution in [0.15, 0.2) is 18.7 Å². The summed E-state index contributed by atoms with van der Waals surface area (Å²) in [5.74, 6) is 0. The highest BCUT2D eigenvalue weighted by atomic mass is 32.2. The lowest BCUT2D eigenvalue weighted by Gasteiger charge is -2.08. The lowest BCUT2D eigenvalue weighted by Crippen LogP contribution is -2.31. The van der Waals surface area contributed by atoms with E-state index >= 15 is 0 Å². The normalized spacial score (nSPS) is 13.5. The highest BCUT2D eigenvalue weighted by Gasteiger charge is 2.51. The molecular formula is C6H6F6N2O5S2. The molecule has 7 nitrogen and oxygen atoms in total. The fourth-order valence-corrected chi connectivity index (χ4v) is 1.42. The first-order valence-electron chi connectivity index (χ1n) is 4.37. The molecular weight excluding hydrogens is 358 g/mol.